The number of carbonyl (C=O) groups excluding carboxylic acids is 1. The molecule has 0 unspecified atom stereocenters. The number of hydrogen-bond acceptors (Lipinski definition) is 3. The van der Waals surface area contributed by atoms with Crippen molar-refractivity contribution in [2.24, 2.45) is 0 Å². The zero-order chi connectivity index (χ0) is 18.1. The number of nitrogens with zero attached hydrogens (tertiary/aromatic N) is 1. The zero-order valence-corrected chi connectivity index (χ0v) is 14.5. The van der Waals surface area contributed by atoms with Crippen LogP contribution in [0.1, 0.15) is 24.5 Å². The van der Waals surface area contributed by atoms with Crippen LogP contribution in [0.25, 0.3) is 0 Å². The molecule has 2 aromatic rings. The molecule has 0 fully saturated rings. The molecule has 1 N–H and O–H groups in total. The fourth-order valence-electron chi connectivity index (χ4n) is 2.53. The van der Waals surface area contributed by atoms with Gasteiger partial charge < -0.3 is 9.84 Å². The van der Waals surface area contributed by atoms with Crippen LogP contribution < -0.4 is 0 Å². The Labute approximate surface area is 149 Å². The SMILES string of the molecule is C=CC[C@@H](O)[C@H](C)N(Cc1ccccc1)C(=O)OCc1ccccc1. The van der Waals surface area contributed by atoms with Crippen LogP contribution in [0.3, 0.4) is 0 Å². The van der Waals surface area contributed by atoms with E-state index in [9.17, 15) is 9.90 Å². The molecule has 4 heteroatoms. The number of rotatable bonds is 8. The first-order valence-corrected chi connectivity index (χ1v) is 8.42. The summed E-state index contributed by atoms with van der Waals surface area (Å²) in [7, 11) is 0. The van der Waals surface area contributed by atoms with E-state index in [1.54, 1.807) is 11.0 Å². The van der Waals surface area contributed by atoms with Crippen molar-refractivity contribution in [3.8, 4) is 0 Å². The average molecular weight is 339 g/mol. The summed E-state index contributed by atoms with van der Waals surface area (Å²) < 4.78 is 5.46. The zero-order valence-electron chi connectivity index (χ0n) is 14.5. The molecule has 2 rings (SSSR count). The summed E-state index contributed by atoms with van der Waals surface area (Å²) in [4.78, 5) is 14.2. The van der Waals surface area contributed by atoms with Crippen LogP contribution >= 0.6 is 0 Å². The molecule has 0 bridgehead atoms. The molecule has 0 saturated carbocycles. The first kappa shape index (κ1) is 18.7. The van der Waals surface area contributed by atoms with Crippen LogP contribution in [-0.2, 0) is 17.9 Å². The molecular weight excluding hydrogens is 314 g/mol. The minimum absolute atomic E-state index is 0.204. The van der Waals surface area contributed by atoms with Gasteiger partial charge in [0.25, 0.3) is 0 Å². The molecule has 1 amide bonds. The van der Waals surface area contributed by atoms with Crippen molar-refractivity contribution in [1.29, 1.82) is 0 Å². The fourth-order valence-corrected chi connectivity index (χ4v) is 2.53. The highest BCUT2D eigenvalue weighted by Crippen LogP contribution is 2.15. The van der Waals surface area contributed by atoms with Crippen LogP contribution in [0.2, 0.25) is 0 Å². The third kappa shape index (κ3) is 5.76. The summed E-state index contributed by atoms with van der Waals surface area (Å²) in [6.07, 6.45) is 0.934. The summed E-state index contributed by atoms with van der Waals surface area (Å²) >= 11 is 0. The van der Waals surface area contributed by atoms with Crippen LogP contribution in [0.5, 0.6) is 0 Å². The highest BCUT2D eigenvalue weighted by molar-refractivity contribution is 5.68. The molecule has 0 aliphatic carbocycles. The Kier molecular flexibility index (Phi) is 7.23. The normalized spacial score (nSPS) is 12.9. The Morgan fingerprint density at radius 1 is 1.12 bits per heavy atom. The predicted molar refractivity (Wildman–Crippen MR) is 98.9 cm³/mol. The maximum Gasteiger partial charge on any atom is 0.410 e. The molecule has 0 aliphatic rings. The van der Waals surface area contributed by atoms with Gasteiger partial charge in [-0.1, -0.05) is 66.7 Å². The second-order valence-corrected chi connectivity index (χ2v) is 5.99. The predicted octanol–water partition coefficient (Wildman–Crippen LogP) is 4.15. The van der Waals surface area contributed by atoms with Gasteiger partial charge in [0.15, 0.2) is 0 Å². The summed E-state index contributed by atoms with van der Waals surface area (Å²) in [6.45, 7) is 6.06. The molecule has 0 saturated heterocycles. The van der Waals surface area contributed by atoms with E-state index in [2.05, 4.69) is 6.58 Å². The number of hydrogen-bond donors (Lipinski definition) is 1. The number of aliphatic hydroxyl groups excluding tert-OH is 1. The van der Waals surface area contributed by atoms with Gasteiger partial charge in [-0.15, -0.1) is 6.58 Å². The van der Waals surface area contributed by atoms with Gasteiger partial charge in [-0.3, -0.25) is 4.90 Å². The molecular formula is C21H25NO3. The van der Waals surface area contributed by atoms with Crippen molar-refractivity contribution in [2.75, 3.05) is 0 Å². The van der Waals surface area contributed by atoms with E-state index in [0.717, 1.165) is 11.1 Å². The van der Waals surface area contributed by atoms with E-state index in [1.807, 2.05) is 67.6 Å². The largest absolute Gasteiger partial charge is 0.445 e. The molecule has 0 radical (unpaired) electrons. The lowest BCUT2D eigenvalue weighted by Gasteiger charge is -2.31. The lowest BCUT2D eigenvalue weighted by Crippen LogP contribution is -2.44. The highest BCUT2D eigenvalue weighted by atomic mass is 16.6. The number of benzene rings is 2. The second kappa shape index (κ2) is 9.64. The maximum atomic E-state index is 12.6. The topological polar surface area (TPSA) is 49.8 Å². The van der Waals surface area contributed by atoms with Crippen LogP contribution in [0.15, 0.2) is 73.3 Å². The average Bonchev–Trinajstić information content (AvgIpc) is 2.65. The van der Waals surface area contributed by atoms with Crippen molar-refractivity contribution >= 4 is 6.09 Å². The first-order valence-electron chi connectivity index (χ1n) is 8.42. The number of carbonyl (C=O) groups is 1. The van der Waals surface area contributed by atoms with E-state index >= 15 is 0 Å². The Balaban J connectivity index is 2.08. The molecule has 132 valence electrons. The molecule has 2 atom stereocenters. The Bertz CT molecular complexity index is 657. The molecule has 2 aromatic carbocycles. The van der Waals surface area contributed by atoms with Crippen molar-refractivity contribution in [1.82, 2.24) is 4.90 Å². The minimum atomic E-state index is -0.689. The van der Waals surface area contributed by atoms with Gasteiger partial charge >= 0.3 is 6.09 Å². The maximum absolute atomic E-state index is 12.6. The third-order valence-corrected chi connectivity index (χ3v) is 4.09. The molecule has 0 aromatic heterocycles. The first-order chi connectivity index (χ1) is 12.1. The number of amides is 1. The van der Waals surface area contributed by atoms with Gasteiger partial charge in [-0.25, -0.2) is 4.79 Å². The molecule has 0 aliphatic heterocycles. The number of aliphatic hydroxyl groups is 1. The third-order valence-electron chi connectivity index (χ3n) is 4.09. The summed E-state index contributed by atoms with van der Waals surface area (Å²) in [5, 5.41) is 10.3. The second-order valence-electron chi connectivity index (χ2n) is 5.99. The Hall–Kier alpha value is -2.59. The monoisotopic (exact) mass is 339 g/mol. The molecule has 25 heavy (non-hydrogen) atoms. The van der Waals surface area contributed by atoms with Crippen molar-refractivity contribution < 1.29 is 14.6 Å². The quantitative estimate of drug-likeness (QED) is 0.735. The smallest absolute Gasteiger partial charge is 0.410 e. The van der Waals surface area contributed by atoms with Crippen molar-refractivity contribution in [2.45, 2.75) is 38.6 Å². The molecule has 4 nitrogen and oxygen atoms in total. The van der Waals surface area contributed by atoms with Crippen LogP contribution in [-0.4, -0.2) is 28.2 Å². The van der Waals surface area contributed by atoms with Gasteiger partial charge in [0.1, 0.15) is 6.61 Å². The lowest BCUT2D eigenvalue weighted by atomic mass is 10.1. The Morgan fingerprint density at radius 3 is 2.24 bits per heavy atom. The van der Waals surface area contributed by atoms with E-state index in [0.29, 0.717) is 13.0 Å². The number of ether oxygens (including phenoxy) is 1. The molecule has 0 spiro atoms. The Morgan fingerprint density at radius 2 is 1.68 bits per heavy atom. The van der Waals surface area contributed by atoms with Gasteiger partial charge in [-0.05, 0) is 24.5 Å². The van der Waals surface area contributed by atoms with E-state index in [4.69, 9.17) is 4.74 Å². The van der Waals surface area contributed by atoms with Crippen molar-refractivity contribution in [3.05, 3.63) is 84.4 Å². The van der Waals surface area contributed by atoms with Gasteiger partial charge in [0, 0.05) is 6.54 Å². The lowest BCUT2D eigenvalue weighted by molar-refractivity contribution is 0.0346. The summed E-state index contributed by atoms with van der Waals surface area (Å²) in [5.41, 5.74) is 1.91. The van der Waals surface area contributed by atoms with E-state index in [1.165, 1.54) is 0 Å². The van der Waals surface area contributed by atoms with Gasteiger partial charge in [-0.2, -0.15) is 0 Å². The van der Waals surface area contributed by atoms with E-state index in [-0.39, 0.29) is 12.6 Å². The van der Waals surface area contributed by atoms with Gasteiger partial charge in [0.05, 0.1) is 12.1 Å². The minimum Gasteiger partial charge on any atom is -0.445 e. The van der Waals surface area contributed by atoms with E-state index < -0.39 is 12.2 Å². The standard InChI is InChI=1S/C21H25NO3/c1-3-10-20(23)17(2)22(15-18-11-6-4-7-12-18)21(24)25-16-19-13-8-5-9-14-19/h3-9,11-14,17,20,23H,1,10,15-16H2,2H3/t17-,20+/m0/s1. The summed E-state index contributed by atoms with van der Waals surface area (Å²) in [5.74, 6) is 0. The van der Waals surface area contributed by atoms with Gasteiger partial charge in [0.2, 0.25) is 0 Å². The summed E-state index contributed by atoms with van der Waals surface area (Å²) in [6, 6.07) is 18.8. The van der Waals surface area contributed by atoms with Crippen LogP contribution in [0, 0.1) is 0 Å². The highest BCUT2D eigenvalue weighted by Gasteiger charge is 2.26. The molecule has 0 heterocycles. The fraction of sp³-hybridized carbons (Fsp3) is 0.286. The van der Waals surface area contributed by atoms with Crippen molar-refractivity contribution in [3.63, 3.8) is 0 Å². The van der Waals surface area contributed by atoms with Crippen LogP contribution in [0.4, 0.5) is 4.79 Å².